The maximum atomic E-state index is 12.8. The zero-order valence-corrected chi connectivity index (χ0v) is 18.2. The summed E-state index contributed by atoms with van der Waals surface area (Å²) >= 11 is 0. The van der Waals surface area contributed by atoms with Crippen molar-refractivity contribution in [3.8, 4) is 0 Å². The molecule has 1 saturated heterocycles. The van der Waals surface area contributed by atoms with Crippen LogP contribution in [0, 0.1) is 0 Å². The fourth-order valence-electron chi connectivity index (χ4n) is 4.29. The third kappa shape index (κ3) is 4.60. The number of hydrogen-bond acceptors (Lipinski definition) is 6. The molecule has 2 unspecified atom stereocenters. The van der Waals surface area contributed by atoms with Crippen LogP contribution in [0.5, 0.6) is 0 Å². The fourth-order valence-corrected chi connectivity index (χ4v) is 4.29. The number of guanidine groups is 1. The van der Waals surface area contributed by atoms with Crippen molar-refractivity contribution < 1.29 is 14.7 Å². The summed E-state index contributed by atoms with van der Waals surface area (Å²) in [6.45, 7) is 1.50. The smallest absolute Gasteiger partial charge is 0.325 e. The molecule has 8 heteroatoms. The number of aliphatic imine (C=N–C) groups is 1. The van der Waals surface area contributed by atoms with Gasteiger partial charge in [-0.2, -0.15) is 0 Å². The number of aryl methyl sites for hydroxylation is 1. The molecule has 2 aliphatic heterocycles. The lowest BCUT2D eigenvalue weighted by Gasteiger charge is -2.37. The highest BCUT2D eigenvalue weighted by Crippen LogP contribution is 2.26. The van der Waals surface area contributed by atoms with Crippen LogP contribution >= 0.6 is 0 Å². The maximum Gasteiger partial charge on any atom is 0.325 e. The van der Waals surface area contributed by atoms with E-state index in [0.29, 0.717) is 25.6 Å². The largest absolute Gasteiger partial charge is 0.395 e. The monoisotopic (exact) mass is 435 g/mol. The van der Waals surface area contributed by atoms with Crippen LogP contribution in [0.25, 0.3) is 0 Å². The molecule has 2 heterocycles. The average Bonchev–Trinajstić information content (AvgIpc) is 3.19. The van der Waals surface area contributed by atoms with Crippen LogP contribution in [0.1, 0.15) is 17.5 Å². The van der Waals surface area contributed by atoms with Crippen LogP contribution in [0.15, 0.2) is 65.7 Å². The van der Waals surface area contributed by atoms with Crippen molar-refractivity contribution in [3.05, 3.63) is 71.8 Å². The molecule has 2 atom stereocenters. The molecule has 2 aliphatic rings. The number of benzene rings is 2. The molecule has 168 valence electrons. The Kier molecular flexibility index (Phi) is 6.70. The normalized spacial score (nSPS) is 20.1. The number of aliphatic hydroxyl groups is 1. The molecular weight excluding hydrogens is 406 g/mol. The van der Waals surface area contributed by atoms with Crippen LogP contribution in [0.3, 0.4) is 0 Å². The third-order valence-corrected chi connectivity index (χ3v) is 5.92. The minimum atomic E-state index is -0.583. The Hall–Kier alpha value is -3.39. The average molecular weight is 436 g/mol. The molecule has 32 heavy (non-hydrogen) atoms. The van der Waals surface area contributed by atoms with Gasteiger partial charge in [-0.3, -0.25) is 10.1 Å². The van der Waals surface area contributed by atoms with Gasteiger partial charge in [0.05, 0.1) is 6.61 Å². The number of urea groups is 1. The Balaban J connectivity index is 1.59. The molecular formula is C24H29N5O3. The number of hydrogen-bond donors (Lipinski definition) is 2. The highest BCUT2D eigenvalue weighted by molar-refractivity contribution is 6.03. The number of likely N-dealkylation sites (N-methyl/N-ethyl adjacent to an activating group) is 1. The summed E-state index contributed by atoms with van der Waals surface area (Å²) in [6.07, 6.45) is 1.12. The summed E-state index contributed by atoms with van der Waals surface area (Å²) in [4.78, 5) is 35.3. The van der Waals surface area contributed by atoms with Crippen molar-refractivity contribution in [2.45, 2.75) is 31.6 Å². The van der Waals surface area contributed by atoms with Gasteiger partial charge in [-0.25, -0.2) is 9.79 Å². The Morgan fingerprint density at radius 3 is 2.34 bits per heavy atom. The van der Waals surface area contributed by atoms with E-state index >= 15 is 0 Å². The van der Waals surface area contributed by atoms with Gasteiger partial charge in [-0.05, 0) is 24.0 Å². The summed E-state index contributed by atoms with van der Waals surface area (Å²) in [5.41, 5.74) is 2.32. The first-order chi connectivity index (χ1) is 15.6. The summed E-state index contributed by atoms with van der Waals surface area (Å²) in [5.74, 6) is 0.308. The topological polar surface area (TPSA) is 88.5 Å². The van der Waals surface area contributed by atoms with Crippen molar-refractivity contribution in [1.82, 2.24) is 20.0 Å². The van der Waals surface area contributed by atoms with Gasteiger partial charge in [-0.15, -0.1) is 0 Å². The summed E-state index contributed by atoms with van der Waals surface area (Å²) in [5, 5.41) is 12.2. The quantitative estimate of drug-likeness (QED) is 0.659. The lowest BCUT2D eigenvalue weighted by molar-refractivity contribution is -0.127. The van der Waals surface area contributed by atoms with Crippen LogP contribution in [0.2, 0.25) is 0 Å². The minimum Gasteiger partial charge on any atom is -0.395 e. The van der Waals surface area contributed by atoms with Crippen molar-refractivity contribution in [2.75, 3.05) is 26.7 Å². The lowest BCUT2D eigenvalue weighted by Crippen LogP contribution is -2.64. The maximum absolute atomic E-state index is 12.8. The summed E-state index contributed by atoms with van der Waals surface area (Å²) < 4.78 is 0. The van der Waals surface area contributed by atoms with Crippen LogP contribution in [-0.2, 0) is 17.8 Å². The molecule has 0 aromatic heterocycles. The number of rotatable bonds is 8. The Bertz CT molecular complexity index is 966. The van der Waals surface area contributed by atoms with Crippen molar-refractivity contribution >= 4 is 17.9 Å². The molecule has 3 amide bonds. The van der Waals surface area contributed by atoms with E-state index in [4.69, 9.17) is 4.99 Å². The zero-order valence-electron chi connectivity index (χ0n) is 18.2. The molecule has 0 saturated carbocycles. The lowest BCUT2D eigenvalue weighted by atomic mass is 10.1. The van der Waals surface area contributed by atoms with Crippen molar-refractivity contribution in [1.29, 1.82) is 0 Å². The molecule has 2 N–H and O–H groups in total. The Morgan fingerprint density at radius 1 is 1.03 bits per heavy atom. The van der Waals surface area contributed by atoms with Crippen molar-refractivity contribution in [3.63, 3.8) is 0 Å². The van der Waals surface area contributed by atoms with Gasteiger partial charge in [0.15, 0.2) is 18.2 Å². The van der Waals surface area contributed by atoms with E-state index in [1.807, 2.05) is 58.3 Å². The second kappa shape index (κ2) is 9.82. The Labute approximate surface area is 188 Å². The molecule has 0 spiro atoms. The highest BCUT2D eigenvalue weighted by Gasteiger charge is 2.49. The molecule has 1 fully saturated rings. The second-order valence-electron chi connectivity index (χ2n) is 8.11. The van der Waals surface area contributed by atoms with Crippen molar-refractivity contribution in [2.24, 2.45) is 4.99 Å². The van der Waals surface area contributed by atoms with Crippen LogP contribution in [0.4, 0.5) is 4.79 Å². The highest BCUT2D eigenvalue weighted by atomic mass is 16.3. The summed E-state index contributed by atoms with van der Waals surface area (Å²) in [6, 6.07) is 19.1. The van der Waals surface area contributed by atoms with Gasteiger partial charge in [-0.1, -0.05) is 60.7 Å². The van der Waals surface area contributed by atoms with Crippen LogP contribution < -0.4 is 5.32 Å². The molecule has 2 aromatic carbocycles. The van der Waals surface area contributed by atoms with E-state index in [1.54, 1.807) is 7.05 Å². The molecule has 0 radical (unpaired) electrons. The molecule has 8 nitrogen and oxygen atoms in total. The number of amides is 3. The molecule has 2 aromatic rings. The van der Waals surface area contributed by atoms with E-state index in [-0.39, 0.29) is 12.5 Å². The fraction of sp³-hybridized carbons (Fsp3) is 0.375. The van der Waals surface area contributed by atoms with Gasteiger partial charge >= 0.3 is 6.03 Å². The van der Waals surface area contributed by atoms with E-state index in [0.717, 1.165) is 18.4 Å². The van der Waals surface area contributed by atoms with Gasteiger partial charge in [0.2, 0.25) is 0 Å². The predicted molar refractivity (Wildman–Crippen MR) is 122 cm³/mol. The number of aliphatic hydroxyl groups excluding tert-OH is 1. The van der Waals surface area contributed by atoms with E-state index < -0.39 is 18.2 Å². The van der Waals surface area contributed by atoms with Crippen LogP contribution in [-0.4, -0.2) is 76.7 Å². The second-order valence-corrected chi connectivity index (χ2v) is 8.11. The molecule has 0 bridgehead atoms. The van der Waals surface area contributed by atoms with Gasteiger partial charge in [0, 0.05) is 26.7 Å². The predicted octanol–water partition coefficient (Wildman–Crippen LogP) is 1.66. The summed E-state index contributed by atoms with van der Waals surface area (Å²) in [7, 11) is 1.65. The first-order valence-corrected chi connectivity index (χ1v) is 10.9. The number of nitrogens with one attached hydrogen (secondary N) is 1. The van der Waals surface area contributed by atoms with E-state index in [1.165, 1.54) is 10.5 Å². The number of carbonyl (C=O) groups is 2. The van der Waals surface area contributed by atoms with Gasteiger partial charge in [0.1, 0.15) is 0 Å². The minimum absolute atomic E-state index is 0.0417. The molecule has 0 aliphatic carbocycles. The van der Waals surface area contributed by atoms with E-state index in [9.17, 15) is 14.7 Å². The Morgan fingerprint density at radius 2 is 1.69 bits per heavy atom. The first-order valence-electron chi connectivity index (χ1n) is 10.9. The third-order valence-electron chi connectivity index (χ3n) is 5.92. The zero-order chi connectivity index (χ0) is 22.5. The standard InChI is InChI=1S/C24H29N5O3/c1-27-21-20(22(31)26-24(27)32)29(14-8-13-18-9-4-2-5-10-18)23(25-21)28(15-16-30)17-19-11-6-3-7-12-19/h2-7,9-12,20-21,30H,8,13-17H2,1H3,(H,26,31,32). The first kappa shape index (κ1) is 21.8. The number of fused-ring (bicyclic) bond motifs is 1. The number of carbonyl (C=O) groups excluding carboxylic acids is 2. The number of imide groups is 1. The van der Waals surface area contributed by atoms with Gasteiger partial charge < -0.3 is 19.8 Å². The van der Waals surface area contributed by atoms with E-state index in [2.05, 4.69) is 17.4 Å². The number of nitrogens with zero attached hydrogens (tertiary/aromatic N) is 4. The van der Waals surface area contributed by atoms with Gasteiger partial charge in [0.25, 0.3) is 5.91 Å². The molecule has 4 rings (SSSR count). The SMILES string of the molecule is CN1C(=O)NC(=O)C2C1N=C(N(CCO)Cc1ccccc1)N2CCCc1ccccc1.